The van der Waals surface area contributed by atoms with Crippen molar-refractivity contribution in [2.75, 3.05) is 26.1 Å². The van der Waals surface area contributed by atoms with E-state index in [9.17, 15) is 4.79 Å². The van der Waals surface area contributed by atoms with Crippen LogP contribution in [0.15, 0.2) is 60.7 Å². The second-order valence-corrected chi connectivity index (χ2v) is 6.29. The molecule has 0 radical (unpaired) electrons. The highest BCUT2D eigenvalue weighted by atomic mass is 16.5. The van der Waals surface area contributed by atoms with Gasteiger partial charge in [0.25, 0.3) is 0 Å². The maximum atomic E-state index is 12.4. The first-order valence-corrected chi connectivity index (χ1v) is 8.85. The molecule has 0 unspecified atom stereocenters. The summed E-state index contributed by atoms with van der Waals surface area (Å²) in [5, 5.41) is 8.55. The average Bonchev–Trinajstić information content (AvgIpc) is 2.71. The predicted molar refractivity (Wildman–Crippen MR) is 109 cm³/mol. The highest BCUT2D eigenvalue weighted by Gasteiger charge is 2.12. The SMILES string of the molecule is COc1ccc(NC(=O)CN[C@H](C)c2cccc3ccccc23)c(OC)c1. The van der Waals surface area contributed by atoms with E-state index in [4.69, 9.17) is 9.47 Å². The molecule has 0 aliphatic heterocycles. The minimum atomic E-state index is -0.134. The highest BCUT2D eigenvalue weighted by Crippen LogP contribution is 2.29. The van der Waals surface area contributed by atoms with Crippen LogP contribution in [0.1, 0.15) is 18.5 Å². The van der Waals surface area contributed by atoms with E-state index in [1.54, 1.807) is 32.4 Å². The summed E-state index contributed by atoms with van der Waals surface area (Å²) in [4.78, 5) is 12.4. The van der Waals surface area contributed by atoms with Crippen LogP contribution in [-0.2, 0) is 4.79 Å². The van der Waals surface area contributed by atoms with Crippen molar-refractivity contribution < 1.29 is 14.3 Å². The summed E-state index contributed by atoms with van der Waals surface area (Å²) >= 11 is 0. The standard InChI is InChI=1S/C22H24N2O3/c1-15(18-10-6-8-16-7-4-5-9-19(16)18)23-14-22(25)24-20-12-11-17(26-2)13-21(20)27-3/h4-13,15,23H,14H2,1-3H3,(H,24,25)/t15-/m1/s1. The molecule has 1 amide bonds. The van der Waals surface area contributed by atoms with Gasteiger partial charge in [0.05, 0.1) is 26.5 Å². The number of carbonyl (C=O) groups excluding carboxylic acids is 1. The number of nitrogens with one attached hydrogen (secondary N) is 2. The molecule has 0 saturated carbocycles. The van der Waals surface area contributed by atoms with Crippen molar-refractivity contribution in [3.8, 4) is 11.5 Å². The number of rotatable bonds is 7. The molecule has 5 heteroatoms. The summed E-state index contributed by atoms with van der Waals surface area (Å²) in [6.45, 7) is 2.25. The lowest BCUT2D eigenvalue weighted by molar-refractivity contribution is -0.115. The minimum Gasteiger partial charge on any atom is -0.497 e. The van der Waals surface area contributed by atoms with Gasteiger partial charge in [-0.1, -0.05) is 42.5 Å². The molecule has 0 saturated heterocycles. The lowest BCUT2D eigenvalue weighted by Gasteiger charge is -2.17. The molecule has 0 fully saturated rings. The van der Waals surface area contributed by atoms with Crippen LogP contribution in [0.2, 0.25) is 0 Å². The van der Waals surface area contributed by atoms with Crippen LogP contribution in [0, 0.1) is 0 Å². The van der Waals surface area contributed by atoms with Crippen molar-refractivity contribution in [2.24, 2.45) is 0 Å². The van der Waals surface area contributed by atoms with Crippen molar-refractivity contribution in [2.45, 2.75) is 13.0 Å². The molecule has 27 heavy (non-hydrogen) atoms. The molecule has 140 valence electrons. The molecule has 0 bridgehead atoms. The fraction of sp³-hybridized carbons (Fsp3) is 0.227. The normalized spacial score (nSPS) is 11.8. The molecule has 0 aromatic heterocycles. The summed E-state index contributed by atoms with van der Waals surface area (Å²) < 4.78 is 10.5. The molecule has 1 atom stereocenters. The van der Waals surface area contributed by atoms with Gasteiger partial charge in [0.1, 0.15) is 11.5 Å². The second kappa shape index (κ2) is 8.56. The third kappa shape index (κ3) is 4.38. The first kappa shape index (κ1) is 18.7. The first-order chi connectivity index (χ1) is 13.1. The number of benzene rings is 3. The zero-order valence-corrected chi connectivity index (χ0v) is 15.8. The van der Waals surface area contributed by atoms with Gasteiger partial charge in [-0.25, -0.2) is 0 Å². The van der Waals surface area contributed by atoms with Gasteiger partial charge in [-0.3, -0.25) is 4.79 Å². The molecule has 0 aliphatic carbocycles. The summed E-state index contributed by atoms with van der Waals surface area (Å²) in [7, 11) is 3.15. The fourth-order valence-corrected chi connectivity index (χ4v) is 3.08. The number of hydrogen-bond acceptors (Lipinski definition) is 4. The van der Waals surface area contributed by atoms with Gasteiger partial charge in [-0.2, -0.15) is 0 Å². The maximum Gasteiger partial charge on any atom is 0.238 e. The van der Waals surface area contributed by atoms with Crippen molar-refractivity contribution in [3.05, 3.63) is 66.2 Å². The molecule has 0 spiro atoms. The molecule has 3 aromatic rings. The molecular weight excluding hydrogens is 340 g/mol. The van der Waals surface area contributed by atoms with Crippen LogP contribution in [0.3, 0.4) is 0 Å². The number of carbonyl (C=O) groups is 1. The first-order valence-electron chi connectivity index (χ1n) is 8.85. The van der Waals surface area contributed by atoms with Crippen molar-refractivity contribution in [1.82, 2.24) is 5.32 Å². The smallest absolute Gasteiger partial charge is 0.238 e. The lowest BCUT2D eigenvalue weighted by Crippen LogP contribution is -2.30. The number of fused-ring (bicyclic) bond motifs is 1. The summed E-state index contributed by atoms with van der Waals surface area (Å²) in [6.07, 6.45) is 0. The van der Waals surface area contributed by atoms with Crippen LogP contribution in [0.4, 0.5) is 5.69 Å². The van der Waals surface area contributed by atoms with Crippen molar-refractivity contribution in [1.29, 1.82) is 0 Å². The fourth-order valence-electron chi connectivity index (χ4n) is 3.08. The Morgan fingerprint density at radius 1 is 1.00 bits per heavy atom. The molecule has 0 heterocycles. The van der Waals surface area contributed by atoms with Gasteiger partial charge < -0.3 is 20.1 Å². The van der Waals surface area contributed by atoms with Gasteiger partial charge in [0.2, 0.25) is 5.91 Å². The Balaban J connectivity index is 1.65. The van der Waals surface area contributed by atoms with Gasteiger partial charge in [-0.15, -0.1) is 0 Å². The molecule has 3 aromatic carbocycles. The summed E-state index contributed by atoms with van der Waals surface area (Å²) in [5.41, 5.74) is 1.78. The number of methoxy groups -OCH3 is 2. The van der Waals surface area contributed by atoms with Crippen LogP contribution >= 0.6 is 0 Å². The van der Waals surface area contributed by atoms with E-state index in [2.05, 4.69) is 41.8 Å². The van der Waals surface area contributed by atoms with Crippen LogP contribution in [-0.4, -0.2) is 26.7 Å². The van der Waals surface area contributed by atoms with Gasteiger partial charge in [-0.05, 0) is 35.4 Å². The van der Waals surface area contributed by atoms with Crippen molar-refractivity contribution in [3.63, 3.8) is 0 Å². The monoisotopic (exact) mass is 364 g/mol. The zero-order valence-electron chi connectivity index (χ0n) is 15.8. The third-order valence-corrected chi connectivity index (χ3v) is 4.54. The number of ether oxygens (including phenoxy) is 2. The van der Waals surface area contributed by atoms with Gasteiger partial charge in [0.15, 0.2) is 0 Å². The summed E-state index contributed by atoms with van der Waals surface area (Å²) in [5.74, 6) is 1.10. The van der Waals surface area contributed by atoms with Gasteiger partial charge >= 0.3 is 0 Å². The van der Waals surface area contributed by atoms with Crippen LogP contribution in [0.25, 0.3) is 10.8 Å². The largest absolute Gasteiger partial charge is 0.497 e. The van der Waals surface area contributed by atoms with Crippen LogP contribution < -0.4 is 20.1 Å². The van der Waals surface area contributed by atoms with Crippen LogP contribution in [0.5, 0.6) is 11.5 Å². The lowest BCUT2D eigenvalue weighted by atomic mass is 10.00. The zero-order chi connectivity index (χ0) is 19.2. The maximum absolute atomic E-state index is 12.4. The van der Waals surface area contributed by atoms with E-state index in [1.807, 2.05) is 18.2 Å². The van der Waals surface area contributed by atoms with Gasteiger partial charge in [0, 0.05) is 12.1 Å². The number of amides is 1. The second-order valence-electron chi connectivity index (χ2n) is 6.29. The van der Waals surface area contributed by atoms with E-state index in [0.717, 1.165) is 0 Å². The molecule has 2 N–H and O–H groups in total. The quantitative estimate of drug-likeness (QED) is 0.661. The van der Waals surface area contributed by atoms with E-state index < -0.39 is 0 Å². The number of anilines is 1. The minimum absolute atomic E-state index is 0.0413. The third-order valence-electron chi connectivity index (χ3n) is 4.54. The Kier molecular flexibility index (Phi) is 5.94. The molecule has 3 rings (SSSR count). The molecule has 5 nitrogen and oxygen atoms in total. The predicted octanol–water partition coefficient (Wildman–Crippen LogP) is 4.15. The van der Waals surface area contributed by atoms with E-state index >= 15 is 0 Å². The average molecular weight is 364 g/mol. The Labute approximate surface area is 159 Å². The highest BCUT2D eigenvalue weighted by molar-refractivity contribution is 5.94. The van der Waals surface area contributed by atoms with E-state index in [1.165, 1.54) is 16.3 Å². The Morgan fingerprint density at radius 3 is 2.56 bits per heavy atom. The van der Waals surface area contributed by atoms with Crippen molar-refractivity contribution >= 4 is 22.4 Å². The topological polar surface area (TPSA) is 59.6 Å². The van der Waals surface area contributed by atoms with E-state index in [0.29, 0.717) is 17.2 Å². The Bertz CT molecular complexity index is 934. The molecular formula is C22H24N2O3. The summed E-state index contributed by atoms with van der Waals surface area (Å²) in [6, 6.07) is 19.8. The number of hydrogen-bond donors (Lipinski definition) is 2. The Morgan fingerprint density at radius 2 is 1.78 bits per heavy atom. The Hall–Kier alpha value is -3.05. The van der Waals surface area contributed by atoms with E-state index in [-0.39, 0.29) is 18.5 Å². The molecule has 0 aliphatic rings.